The van der Waals surface area contributed by atoms with E-state index in [1.807, 2.05) is 12.1 Å². The van der Waals surface area contributed by atoms with Gasteiger partial charge >= 0.3 is 5.97 Å². The van der Waals surface area contributed by atoms with E-state index in [0.717, 1.165) is 9.75 Å². The van der Waals surface area contributed by atoms with E-state index in [1.165, 1.54) is 11.3 Å². The number of aliphatic carboxylic acids is 1. The van der Waals surface area contributed by atoms with Crippen LogP contribution in [-0.2, 0) is 17.8 Å². The molecule has 3 N–H and O–H groups in total. The Morgan fingerprint density at radius 1 is 1.41 bits per heavy atom. The van der Waals surface area contributed by atoms with Crippen LogP contribution >= 0.6 is 11.3 Å². The fourth-order valence-electron chi connectivity index (χ4n) is 1.50. The van der Waals surface area contributed by atoms with Gasteiger partial charge in [-0.1, -0.05) is 13.8 Å². The average Bonchev–Trinajstić information content (AvgIpc) is 2.65. The highest BCUT2D eigenvalue weighted by Crippen LogP contribution is 2.17. The molecule has 0 bridgehead atoms. The predicted octanol–water partition coefficient (Wildman–Crippen LogP) is 1.48. The van der Waals surface area contributed by atoms with Crippen molar-refractivity contribution in [3.05, 3.63) is 21.9 Å². The second kappa shape index (κ2) is 6.74. The molecule has 17 heavy (non-hydrogen) atoms. The number of hydrogen-bond donors (Lipinski definition) is 3. The minimum Gasteiger partial charge on any atom is -0.481 e. The van der Waals surface area contributed by atoms with Crippen LogP contribution in [0.25, 0.3) is 0 Å². The van der Waals surface area contributed by atoms with Gasteiger partial charge in [-0.25, -0.2) is 0 Å². The van der Waals surface area contributed by atoms with Gasteiger partial charge in [0, 0.05) is 22.3 Å². The summed E-state index contributed by atoms with van der Waals surface area (Å²) >= 11 is 1.50. The lowest BCUT2D eigenvalue weighted by Crippen LogP contribution is -2.36. The van der Waals surface area contributed by atoms with Crippen molar-refractivity contribution < 1.29 is 15.0 Å². The number of carboxylic acids is 1. The van der Waals surface area contributed by atoms with Gasteiger partial charge in [-0.05, 0) is 18.1 Å². The van der Waals surface area contributed by atoms with Crippen molar-refractivity contribution in [2.45, 2.75) is 32.9 Å². The molecule has 4 nitrogen and oxygen atoms in total. The van der Waals surface area contributed by atoms with E-state index >= 15 is 0 Å². The van der Waals surface area contributed by atoms with Gasteiger partial charge in [0.05, 0.1) is 13.0 Å². The first-order valence-corrected chi connectivity index (χ1v) is 6.48. The summed E-state index contributed by atoms with van der Waals surface area (Å²) in [5.74, 6) is -0.430. The van der Waals surface area contributed by atoms with Crippen LogP contribution in [0.15, 0.2) is 12.1 Å². The lowest BCUT2D eigenvalue weighted by Gasteiger charge is -2.19. The molecule has 0 saturated heterocycles. The Kier molecular flexibility index (Phi) is 5.61. The fraction of sp³-hybridized carbons (Fsp3) is 0.583. The summed E-state index contributed by atoms with van der Waals surface area (Å²) in [5.41, 5.74) is 0. The van der Waals surface area contributed by atoms with Crippen LogP contribution < -0.4 is 5.32 Å². The minimum atomic E-state index is -0.804. The van der Waals surface area contributed by atoms with E-state index in [9.17, 15) is 4.79 Å². The number of carboxylic acid groups (broad SMARTS) is 1. The van der Waals surface area contributed by atoms with Crippen molar-refractivity contribution >= 4 is 17.3 Å². The highest BCUT2D eigenvalue weighted by atomic mass is 32.1. The number of rotatable bonds is 7. The molecular formula is C12H19NO3S. The highest BCUT2D eigenvalue weighted by molar-refractivity contribution is 7.12. The van der Waals surface area contributed by atoms with E-state index in [4.69, 9.17) is 10.2 Å². The normalized spacial score (nSPS) is 12.9. The number of hydrogen-bond acceptors (Lipinski definition) is 4. The number of thiophene rings is 1. The summed E-state index contributed by atoms with van der Waals surface area (Å²) in [4.78, 5) is 12.5. The summed E-state index contributed by atoms with van der Waals surface area (Å²) < 4.78 is 0. The van der Waals surface area contributed by atoms with Crippen LogP contribution in [0.5, 0.6) is 0 Å². The van der Waals surface area contributed by atoms with E-state index in [-0.39, 0.29) is 19.1 Å². The highest BCUT2D eigenvalue weighted by Gasteiger charge is 2.12. The smallest absolute Gasteiger partial charge is 0.308 e. The zero-order valence-corrected chi connectivity index (χ0v) is 11.0. The van der Waals surface area contributed by atoms with Gasteiger partial charge < -0.3 is 15.5 Å². The number of carbonyl (C=O) groups is 1. The third-order valence-corrected chi connectivity index (χ3v) is 3.67. The Balaban J connectivity index is 2.46. The van der Waals surface area contributed by atoms with Crippen LogP contribution in [0.1, 0.15) is 23.6 Å². The Morgan fingerprint density at radius 3 is 2.59 bits per heavy atom. The second-order valence-electron chi connectivity index (χ2n) is 4.35. The quantitative estimate of drug-likeness (QED) is 0.692. The second-order valence-corrected chi connectivity index (χ2v) is 5.61. The number of nitrogens with one attached hydrogen (secondary N) is 1. The van der Waals surface area contributed by atoms with E-state index in [2.05, 4.69) is 19.2 Å². The molecule has 0 unspecified atom stereocenters. The molecule has 5 heteroatoms. The number of aliphatic hydroxyl groups excluding tert-OH is 1. The van der Waals surface area contributed by atoms with Crippen LogP contribution in [0, 0.1) is 5.92 Å². The van der Waals surface area contributed by atoms with Crippen molar-refractivity contribution in [3.8, 4) is 0 Å². The van der Waals surface area contributed by atoms with E-state index < -0.39 is 5.97 Å². The van der Waals surface area contributed by atoms with Crippen LogP contribution in [-0.4, -0.2) is 28.8 Å². The van der Waals surface area contributed by atoms with E-state index in [1.54, 1.807) is 0 Å². The molecule has 0 saturated carbocycles. The van der Waals surface area contributed by atoms with Gasteiger partial charge in [0.2, 0.25) is 0 Å². The molecule has 0 aromatic carbocycles. The van der Waals surface area contributed by atoms with Gasteiger partial charge in [-0.2, -0.15) is 0 Å². The van der Waals surface area contributed by atoms with Gasteiger partial charge in [0.15, 0.2) is 0 Å². The molecule has 1 heterocycles. The minimum absolute atomic E-state index is 0.0816. The molecule has 96 valence electrons. The first-order valence-electron chi connectivity index (χ1n) is 5.66. The predicted molar refractivity (Wildman–Crippen MR) is 68.2 cm³/mol. The van der Waals surface area contributed by atoms with Gasteiger partial charge in [-0.3, -0.25) is 4.79 Å². The number of aliphatic hydroxyl groups is 1. The Morgan fingerprint density at radius 2 is 2.06 bits per heavy atom. The fourth-order valence-corrected chi connectivity index (χ4v) is 2.46. The summed E-state index contributed by atoms with van der Waals surface area (Å²) in [6.07, 6.45) is 0.0816. The van der Waals surface area contributed by atoms with Crippen LogP contribution in [0.2, 0.25) is 0 Å². The van der Waals surface area contributed by atoms with Crippen molar-refractivity contribution in [2.24, 2.45) is 5.92 Å². The molecule has 0 aliphatic heterocycles. The molecule has 0 amide bonds. The van der Waals surface area contributed by atoms with Crippen molar-refractivity contribution in [1.82, 2.24) is 5.32 Å². The maximum absolute atomic E-state index is 10.5. The maximum atomic E-state index is 10.5. The maximum Gasteiger partial charge on any atom is 0.308 e. The van der Waals surface area contributed by atoms with Crippen molar-refractivity contribution in [2.75, 3.05) is 6.61 Å². The first kappa shape index (κ1) is 14.2. The summed E-state index contributed by atoms with van der Waals surface area (Å²) in [7, 11) is 0. The summed E-state index contributed by atoms with van der Waals surface area (Å²) in [5, 5.41) is 21.1. The van der Waals surface area contributed by atoms with Gasteiger partial charge in [0.1, 0.15) is 0 Å². The standard InChI is InChI=1S/C12H19NO3S/c1-8(2)11(7-14)13-6-10-4-3-9(17-10)5-12(15)16/h3-4,8,11,13-14H,5-7H2,1-2H3,(H,15,16)/t11-/m1/s1. The van der Waals surface area contributed by atoms with Crippen molar-refractivity contribution in [3.63, 3.8) is 0 Å². The molecular weight excluding hydrogens is 238 g/mol. The molecule has 1 aromatic heterocycles. The SMILES string of the molecule is CC(C)[C@@H](CO)NCc1ccc(CC(=O)O)s1. The van der Waals surface area contributed by atoms with Crippen LogP contribution in [0.4, 0.5) is 0 Å². The molecule has 1 rings (SSSR count). The zero-order valence-electron chi connectivity index (χ0n) is 10.1. The zero-order chi connectivity index (χ0) is 12.8. The Bertz CT molecular complexity index is 362. The molecule has 0 aliphatic rings. The lowest BCUT2D eigenvalue weighted by molar-refractivity contribution is -0.136. The summed E-state index contributed by atoms with van der Waals surface area (Å²) in [6.45, 7) is 4.90. The van der Waals surface area contributed by atoms with Gasteiger partial charge in [-0.15, -0.1) is 11.3 Å². The van der Waals surface area contributed by atoms with Gasteiger partial charge in [0.25, 0.3) is 0 Å². The summed E-state index contributed by atoms with van der Waals surface area (Å²) in [6, 6.07) is 3.86. The monoisotopic (exact) mass is 257 g/mol. The topological polar surface area (TPSA) is 69.6 Å². The largest absolute Gasteiger partial charge is 0.481 e. The molecule has 0 radical (unpaired) electrons. The first-order chi connectivity index (χ1) is 8.02. The average molecular weight is 257 g/mol. The van der Waals surface area contributed by atoms with Crippen molar-refractivity contribution in [1.29, 1.82) is 0 Å². The lowest BCUT2D eigenvalue weighted by atomic mass is 10.1. The molecule has 0 aliphatic carbocycles. The third kappa shape index (κ3) is 4.85. The molecule has 0 fully saturated rings. The molecule has 1 aromatic rings. The third-order valence-electron chi connectivity index (χ3n) is 2.58. The molecule has 1 atom stereocenters. The Labute approximate surface area is 105 Å². The van der Waals surface area contributed by atoms with Crippen LogP contribution in [0.3, 0.4) is 0 Å². The molecule has 0 spiro atoms. The Hall–Kier alpha value is -0.910. The van der Waals surface area contributed by atoms with E-state index in [0.29, 0.717) is 12.5 Å².